The van der Waals surface area contributed by atoms with E-state index in [4.69, 9.17) is 4.74 Å². The average Bonchev–Trinajstić information content (AvgIpc) is 3.29. The van der Waals surface area contributed by atoms with Crippen LogP contribution in [0.25, 0.3) is 0 Å². The minimum absolute atomic E-state index is 0.00768. The van der Waals surface area contributed by atoms with Gasteiger partial charge < -0.3 is 20.3 Å². The molecule has 2 unspecified atom stereocenters. The molecule has 0 aromatic heterocycles. The Morgan fingerprint density at radius 3 is 1.11 bits per heavy atom. The number of carbonyl (C=O) groups is 2. The van der Waals surface area contributed by atoms with Crippen molar-refractivity contribution in [1.29, 1.82) is 0 Å². The highest BCUT2D eigenvalue weighted by Crippen LogP contribution is 2.17. The van der Waals surface area contributed by atoms with Crippen molar-refractivity contribution in [2.24, 2.45) is 0 Å². The first-order chi connectivity index (χ1) is 31.5. The molecular weight excluding hydrogens is 791 g/mol. The SMILES string of the molecule is CCCCCCCC/C=C\CCCCCCCCCCCC(=O)OCCCCCCCCCCCCCCCCCCCCCC(=O)NC(CO)C(O)/C=C/CCCCCCCCC. The van der Waals surface area contributed by atoms with E-state index in [9.17, 15) is 19.8 Å². The fraction of sp³-hybridized carbons (Fsp3) is 0.897. The molecule has 0 aromatic carbocycles. The summed E-state index contributed by atoms with van der Waals surface area (Å²) in [6, 6.07) is -0.627. The Hall–Kier alpha value is -1.66. The van der Waals surface area contributed by atoms with Crippen LogP contribution in [0.4, 0.5) is 0 Å². The molecule has 0 radical (unpaired) electrons. The van der Waals surface area contributed by atoms with Crippen molar-refractivity contribution in [2.45, 2.75) is 321 Å². The number of unbranched alkanes of at least 4 members (excludes halogenated alkanes) is 40. The molecule has 0 aliphatic heterocycles. The molecule has 0 saturated carbocycles. The van der Waals surface area contributed by atoms with Crippen molar-refractivity contribution in [1.82, 2.24) is 5.32 Å². The van der Waals surface area contributed by atoms with Gasteiger partial charge in [0.25, 0.3) is 0 Å². The maximum Gasteiger partial charge on any atom is 0.305 e. The van der Waals surface area contributed by atoms with Crippen LogP contribution in [0.2, 0.25) is 0 Å². The molecule has 0 spiro atoms. The topological polar surface area (TPSA) is 95.9 Å². The first-order valence-corrected chi connectivity index (χ1v) is 28.6. The molecule has 0 aliphatic rings. The van der Waals surface area contributed by atoms with Crippen molar-refractivity contribution in [2.75, 3.05) is 13.2 Å². The van der Waals surface area contributed by atoms with E-state index in [2.05, 4.69) is 31.3 Å². The molecule has 0 bridgehead atoms. The van der Waals surface area contributed by atoms with Crippen LogP contribution in [0.1, 0.15) is 309 Å². The molecular formula is C58H111NO5. The van der Waals surface area contributed by atoms with E-state index < -0.39 is 12.1 Å². The molecule has 64 heavy (non-hydrogen) atoms. The van der Waals surface area contributed by atoms with Gasteiger partial charge in [-0.2, -0.15) is 0 Å². The van der Waals surface area contributed by atoms with Gasteiger partial charge in [0, 0.05) is 12.8 Å². The normalized spacial score (nSPS) is 12.8. The minimum atomic E-state index is -0.844. The summed E-state index contributed by atoms with van der Waals surface area (Å²) < 4.78 is 5.49. The molecule has 0 saturated heterocycles. The number of aliphatic hydroxyl groups excluding tert-OH is 2. The molecule has 0 aliphatic carbocycles. The van der Waals surface area contributed by atoms with Gasteiger partial charge in [0.2, 0.25) is 5.91 Å². The molecule has 0 rings (SSSR count). The van der Waals surface area contributed by atoms with Gasteiger partial charge in [-0.1, -0.05) is 263 Å². The van der Waals surface area contributed by atoms with Crippen LogP contribution in [0, 0.1) is 0 Å². The Morgan fingerprint density at radius 2 is 0.734 bits per heavy atom. The summed E-state index contributed by atoms with van der Waals surface area (Å²) in [6.07, 6.45) is 64.9. The molecule has 0 heterocycles. The molecule has 3 N–H and O–H groups in total. The second kappa shape index (κ2) is 54.0. The average molecular weight is 903 g/mol. The van der Waals surface area contributed by atoms with Gasteiger partial charge in [-0.15, -0.1) is 0 Å². The maximum absolute atomic E-state index is 12.4. The summed E-state index contributed by atoms with van der Waals surface area (Å²) in [7, 11) is 0. The van der Waals surface area contributed by atoms with Crippen LogP contribution in [0.15, 0.2) is 24.3 Å². The predicted molar refractivity (Wildman–Crippen MR) is 278 cm³/mol. The van der Waals surface area contributed by atoms with E-state index in [1.165, 1.54) is 238 Å². The minimum Gasteiger partial charge on any atom is -0.466 e. The lowest BCUT2D eigenvalue weighted by atomic mass is 10.0. The number of ether oxygens (including phenoxy) is 1. The number of rotatable bonds is 53. The number of hydrogen-bond donors (Lipinski definition) is 3. The lowest BCUT2D eigenvalue weighted by Crippen LogP contribution is -2.45. The summed E-state index contributed by atoms with van der Waals surface area (Å²) >= 11 is 0. The van der Waals surface area contributed by atoms with Crippen LogP contribution in [0.5, 0.6) is 0 Å². The fourth-order valence-corrected chi connectivity index (χ4v) is 8.81. The zero-order valence-corrected chi connectivity index (χ0v) is 43.0. The quantitative estimate of drug-likeness (QED) is 0.0321. The Kier molecular flexibility index (Phi) is 52.6. The summed E-state index contributed by atoms with van der Waals surface area (Å²) in [4.78, 5) is 24.5. The summed E-state index contributed by atoms with van der Waals surface area (Å²) in [6.45, 7) is 4.87. The number of carbonyl (C=O) groups excluding carboxylic acids is 2. The van der Waals surface area contributed by atoms with E-state index in [-0.39, 0.29) is 18.5 Å². The van der Waals surface area contributed by atoms with Gasteiger partial charge >= 0.3 is 5.97 Å². The Morgan fingerprint density at radius 1 is 0.422 bits per heavy atom. The van der Waals surface area contributed by atoms with Crippen molar-refractivity contribution >= 4 is 11.9 Å². The number of allylic oxidation sites excluding steroid dienone is 3. The highest BCUT2D eigenvalue weighted by molar-refractivity contribution is 5.76. The fourth-order valence-electron chi connectivity index (χ4n) is 8.81. The van der Waals surface area contributed by atoms with Gasteiger partial charge in [-0.05, 0) is 57.8 Å². The second-order valence-corrected chi connectivity index (χ2v) is 19.6. The van der Waals surface area contributed by atoms with Crippen molar-refractivity contribution < 1.29 is 24.5 Å². The van der Waals surface area contributed by atoms with Crippen molar-refractivity contribution in [3.63, 3.8) is 0 Å². The molecule has 0 fully saturated rings. The monoisotopic (exact) mass is 902 g/mol. The van der Waals surface area contributed by atoms with Crippen LogP contribution >= 0.6 is 0 Å². The van der Waals surface area contributed by atoms with Crippen LogP contribution in [0.3, 0.4) is 0 Å². The van der Waals surface area contributed by atoms with Crippen molar-refractivity contribution in [3.8, 4) is 0 Å². The van der Waals surface area contributed by atoms with E-state index in [1.807, 2.05) is 6.08 Å². The molecule has 6 heteroatoms. The van der Waals surface area contributed by atoms with E-state index in [0.29, 0.717) is 19.4 Å². The summed E-state index contributed by atoms with van der Waals surface area (Å²) in [5.41, 5.74) is 0. The molecule has 6 nitrogen and oxygen atoms in total. The molecule has 0 aromatic rings. The largest absolute Gasteiger partial charge is 0.466 e. The molecule has 1 amide bonds. The van der Waals surface area contributed by atoms with Crippen molar-refractivity contribution in [3.05, 3.63) is 24.3 Å². The third-order valence-electron chi connectivity index (χ3n) is 13.2. The first-order valence-electron chi connectivity index (χ1n) is 28.6. The van der Waals surface area contributed by atoms with E-state index in [1.54, 1.807) is 6.08 Å². The third kappa shape index (κ3) is 49.8. The summed E-state index contributed by atoms with van der Waals surface area (Å²) in [5.74, 6) is -0.0654. The third-order valence-corrected chi connectivity index (χ3v) is 13.2. The lowest BCUT2D eigenvalue weighted by molar-refractivity contribution is -0.143. The maximum atomic E-state index is 12.4. The molecule has 2 atom stereocenters. The molecule has 378 valence electrons. The van der Waals surface area contributed by atoms with E-state index >= 15 is 0 Å². The number of aliphatic hydroxyl groups is 2. The first kappa shape index (κ1) is 62.3. The number of amides is 1. The standard InChI is InChI=1S/C58H111NO5/c1-3-5-7-9-11-13-14-15-16-17-19-23-26-29-32-36-40-44-48-52-58(63)64-53-49-45-41-37-33-30-27-24-21-18-20-22-25-28-31-35-39-43-47-51-57(62)59-55(54-60)56(61)50-46-42-38-34-12-10-8-6-4-2/h15-16,46,50,55-56,60-61H,3-14,17-45,47-49,51-54H2,1-2H3,(H,59,62)/b16-15-,50-46+. The predicted octanol–water partition coefficient (Wildman–Crippen LogP) is 17.5. The zero-order chi connectivity index (χ0) is 46.5. The Balaban J connectivity index is 3.36. The van der Waals surface area contributed by atoms with Gasteiger partial charge in [0.1, 0.15) is 0 Å². The smallest absolute Gasteiger partial charge is 0.305 e. The highest BCUT2D eigenvalue weighted by Gasteiger charge is 2.18. The van der Waals surface area contributed by atoms with Crippen LogP contribution in [-0.4, -0.2) is 47.4 Å². The van der Waals surface area contributed by atoms with Gasteiger partial charge in [0.15, 0.2) is 0 Å². The number of hydrogen-bond acceptors (Lipinski definition) is 5. The number of nitrogens with one attached hydrogen (secondary N) is 1. The van der Waals surface area contributed by atoms with Gasteiger partial charge in [-0.3, -0.25) is 9.59 Å². The second-order valence-electron chi connectivity index (χ2n) is 19.6. The lowest BCUT2D eigenvalue weighted by Gasteiger charge is -2.20. The number of esters is 1. The Labute approximate surface area is 399 Å². The highest BCUT2D eigenvalue weighted by atomic mass is 16.5. The van der Waals surface area contributed by atoms with Gasteiger partial charge in [-0.25, -0.2) is 0 Å². The Bertz CT molecular complexity index is 997. The summed E-state index contributed by atoms with van der Waals surface area (Å²) in [5, 5.41) is 22.9. The van der Waals surface area contributed by atoms with Crippen LogP contribution in [-0.2, 0) is 14.3 Å². The zero-order valence-electron chi connectivity index (χ0n) is 43.0. The van der Waals surface area contributed by atoms with E-state index in [0.717, 1.165) is 44.9 Å². The van der Waals surface area contributed by atoms with Crippen LogP contribution < -0.4 is 5.32 Å². The van der Waals surface area contributed by atoms with Gasteiger partial charge in [0.05, 0.1) is 25.4 Å².